The first-order chi connectivity index (χ1) is 11.6. The van der Waals surface area contributed by atoms with Crippen molar-refractivity contribution in [3.63, 3.8) is 0 Å². The van der Waals surface area contributed by atoms with Crippen LogP contribution in [-0.4, -0.2) is 40.5 Å². The van der Waals surface area contributed by atoms with E-state index in [1.54, 1.807) is 6.08 Å². The van der Waals surface area contributed by atoms with E-state index < -0.39 is 6.03 Å². The Kier molecular flexibility index (Phi) is 7.51. The molecule has 3 amide bonds. The fourth-order valence-corrected chi connectivity index (χ4v) is 4.08. The first-order valence-electron chi connectivity index (χ1n) is 8.00. The van der Waals surface area contributed by atoms with Gasteiger partial charge in [-0.2, -0.15) is 0 Å². The second kappa shape index (κ2) is 9.63. The molecule has 1 aliphatic carbocycles. The highest BCUT2D eigenvalue weighted by molar-refractivity contribution is 8.01. The zero-order chi connectivity index (χ0) is 17.4. The van der Waals surface area contributed by atoms with Crippen LogP contribution < -0.4 is 16.0 Å². The summed E-state index contributed by atoms with van der Waals surface area (Å²) in [6, 6.07) is -0.259. The standard InChI is InChI=1S/C15H23N5O2S2/c1-3-8-16-14-19-20-15(24-14)23-9-12(21)18-13(22)17-11-7-5-4-6-10(11)2/h3,10-11H,1,4-9H2,2H3,(H,16,19)(H2,17,18,21,22)/t10-,11-/m0/s1. The summed E-state index contributed by atoms with van der Waals surface area (Å²) in [5.41, 5.74) is 0. The van der Waals surface area contributed by atoms with E-state index >= 15 is 0 Å². The molecule has 1 heterocycles. The number of hydrogen-bond acceptors (Lipinski definition) is 7. The van der Waals surface area contributed by atoms with Crippen LogP contribution in [0.5, 0.6) is 0 Å². The van der Waals surface area contributed by atoms with Gasteiger partial charge in [0.2, 0.25) is 11.0 Å². The molecule has 0 saturated heterocycles. The fraction of sp³-hybridized carbons (Fsp3) is 0.600. The molecule has 0 unspecified atom stereocenters. The minimum atomic E-state index is -0.412. The van der Waals surface area contributed by atoms with Gasteiger partial charge in [-0.05, 0) is 18.8 Å². The molecule has 0 aliphatic heterocycles. The van der Waals surface area contributed by atoms with Crippen LogP contribution in [0, 0.1) is 5.92 Å². The minimum Gasteiger partial charge on any atom is -0.357 e. The topological polar surface area (TPSA) is 96.0 Å². The number of imide groups is 1. The number of anilines is 1. The summed E-state index contributed by atoms with van der Waals surface area (Å²) in [5.74, 6) is 0.248. The SMILES string of the molecule is C=CCNc1nnc(SCC(=O)NC(=O)N[C@H]2CCCC[C@@H]2C)s1. The zero-order valence-electron chi connectivity index (χ0n) is 13.7. The molecule has 0 radical (unpaired) electrons. The Morgan fingerprint density at radius 1 is 1.38 bits per heavy atom. The molecule has 0 aromatic carbocycles. The van der Waals surface area contributed by atoms with Crippen molar-refractivity contribution in [3.05, 3.63) is 12.7 Å². The van der Waals surface area contributed by atoms with Crippen molar-refractivity contribution in [2.75, 3.05) is 17.6 Å². The predicted octanol–water partition coefficient (Wildman–Crippen LogP) is 2.63. The van der Waals surface area contributed by atoms with Crippen molar-refractivity contribution in [3.8, 4) is 0 Å². The fourth-order valence-electron chi connectivity index (χ4n) is 2.52. The maximum atomic E-state index is 11.9. The van der Waals surface area contributed by atoms with Crippen LogP contribution in [-0.2, 0) is 4.79 Å². The van der Waals surface area contributed by atoms with Gasteiger partial charge in [-0.3, -0.25) is 10.1 Å². The van der Waals surface area contributed by atoms with Crippen LogP contribution in [0.4, 0.5) is 9.93 Å². The summed E-state index contributed by atoms with van der Waals surface area (Å²) < 4.78 is 0.679. The predicted molar refractivity (Wildman–Crippen MR) is 97.4 cm³/mol. The Morgan fingerprint density at radius 3 is 2.92 bits per heavy atom. The van der Waals surface area contributed by atoms with Gasteiger partial charge in [0.1, 0.15) is 0 Å². The van der Waals surface area contributed by atoms with Crippen molar-refractivity contribution in [2.45, 2.75) is 43.0 Å². The lowest BCUT2D eigenvalue weighted by molar-refractivity contribution is -0.117. The van der Waals surface area contributed by atoms with Crippen LogP contribution in [0.1, 0.15) is 32.6 Å². The van der Waals surface area contributed by atoms with E-state index in [0.717, 1.165) is 19.3 Å². The largest absolute Gasteiger partial charge is 0.357 e. The lowest BCUT2D eigenvalue weighted by Crippen LogP contribution is -2.48. The molecule has 3 N–H and O–H groups in total. The summed E-state index contributed by atoms with van der Waals surface area (Å²) in [6.07, 6.45) is 6.16. The Labute approximate surface area is 150 Å². The highest BCUT2D eigenvalue weighted by Gasteiger charge is 2.23. The number of nitrogens with one attached hydrogen (secondary N) is 3. The Bertz CT molecular complexity index is 578. The van der Waals surface area contributed by atoms with Gasteiger partial charge in [0.05, 0.1) is 5.75 Å². The monoisotopic (exact) mass is 369 g/mol. The number of hydrogen-bond donors (Lipinski definition) is 3. The summed E-state index contributed by atoms with van der Waals surface area (Å²) in [4.78, 5) is 23.8. The number of amides is 3. The Morgan fingerprint density at radius 2 is 2.17 bits per heavy atom. The van der Waals surface area contributed by atoms with E-state index in [-0.39, 0.29) is 17.7 Å². The number of rotatable bonds is 7. The van der Waals surface area contributed by atoms with Crippen LogP contribution >= 0.6 is 23.1 Å². The van der Waals surface area contributed by atoms with Gasteiger partial charge in [0.25, 0.3) is 0 Å². The van der Waals surface area contributed by atoms with E-state index in [1.807, 2.05) is 0 Å². The first kappa shape index (κ1) is 18.7. The minimum absolute atomic E-state index is 0.129. The molecule has 1 fully saturated rings. The lowest BCUT2D eigenvalue weighted by atomic mass is 9.86. The van der Waals surface area contributed by atoms with Crippen molar-refractivity contribution >= 4 is 40.2 Å². The highest BCUT2D eigenvalue weighted by atomic mass is 32.2. The molecule has 2 rings (SSSR count). The number of nitrogens with zero attached hydrogens (tertiary/aromatic N) is 2. The summed E-state index contributed by atoms with van der Waals surface area (Å²) in [5, 5.41) is 16.9. The lowest BCUT2D eigenvalue weighted by Gasteiger charge is -2.29. The molecule has 1 aromatic rings. The van der Waals surface area contributed by atoms with Crippen LogP contribution in [0.3, 0.4) is 0 Å². The molecule has 1 aromatic heterocycles. The molecular weight excluding hydrogens is 346 g/mol. The third-order valence-corrected chi connectivity index (χ3v) is 5.83. The van der Waals surface area contributed by atoms with Crippen molar-refractivity contribution < 1.29 is 9.59 Å². The normalized spacial score (nSPS) is 20.2. The molecule has 1 aliphatic rings. The third-order valence-electron chi connectivity index (χ3n) is 3.81. The van der Waals surface area contributed by atoms with Crippen LogP contribution in [0.15, 0.2) is 17.0 Å². The average Bonchev–Trinajstić information content (AvgIpc) is 3.01. The van der Waals surface area contributed by atoms with Gasteiger partial charge in [0, 0.05) is 12.6 Å². The van der Waals surface area contributed by atoms with Gasteiger partial charge in [-0.1, -0.05) is 48.9 Å². The number of carbonyl (C=O) groups excluding carboxylic acids is 2. The van der Waals surface area contributed by atoms with Gasteiger partial charge in [-0.15, -0.1) is 16.8 Å². The van der Waals surface area contributed by atoms with E-state index in [0.29, 0.717) is 21.9 Å². The second-order valence-electron chi connectivity index (χ2n) is 5.72. The average molecular weight is 370 g/mol. The van der Waals surface area contributed by atoms with Gasteiger partial charge >= 0.3 is 6.03 Å². The van der Waals surface area contributed by atoms with Crippen LogP contribution in [0.25, 0.3) is 0 Å². The third kappa shape index (κ3) is 6.12. The highest BCUT2D eigenvalue weighted by Crippen LogP contribution is 2.25. The molecular formula is C15H23N5O2S2. The van der Waals surface area contributed by atoms with E-state index in [9.17, 15) is 9.59 Å². The molecule has 0 spiro atoms. The number of aromatic nitrogens is 2. The quantitative estimate of drug-likeness (QED) is 0.505. The maximum absolute atomic E-state index is 11.9. The molecule has 0 bridgehead atoms. The maximum Gasteiger partial charge on any atom is 0.321 e. The van der Waals surface area contributed by atoms with Gasteiger partial charge < -0.3 is 10.6 Å². The number of thioether (sulfide) groups is 1. The Balaban J connectivity index is 1.69. The van der Waals surface area contributed by atoms with Gasteiger partial charge in [0.15, 0.2) is 4.34 Å². The van der Waals surface area contributed by atoms with Crippen molar-refractivity contribution in [1.29, 1.82) is 0 Å². The number of urea groups is 1. The smallest absolute Gasteiger partial charge is 0.321 e. The number of carbonyl (C=O) groups is 2. The van der Waals surface area contributed by atoms with E-state index in [4.69, 9.17) is 0 Å². The van der Waals surface area contributed by atoms with Gasteiger partial charge in [-0.25, -0.2) is 4.79 Å². The zero-order valence-corrected chi connectivity index (χ0v) is 15.3. The summed E-state index contributed by atoms with van der Waals surface area (Å²) in [7, 11) is 0. The van der Waals surface area contributed by atoms with E-state index in [1.165, 1.54) is 29.5 Å². The summed E-state index contributed by atoms with van der Waals surface area (Å²) in [6.45, 7) is 6.36. The molecule has 132 valence electrons. The van der Waals surface area contributed by atoms with Crippen molar-refractivity contribution in [1.82, 2.24) is 20.8 Å². The first-order valence-corrected chi connectivity index (χ1v) is 9.80. The Hall–Kier alpha value is -1.61. The molecule has 7 nitrogen and oxygen atoms in total. The molecule has 24 heavy (non-hydrogen) atoms. The summed E-state index contributed by atoms with van der Waals surface area (Å²) >= 11 is 2.62. The van der Waals surface area contributed by atoms with Crippen molar-refractivity contribution in [2.24, 2.45) is 5.92 Å². The van der Waals surface area contributed by atoms with E-state index in [2.05, 4.69) is 39.7 Å². The molecule has 1 saturated carbocycles. The van der Waals surface area contributed by atoms with Crippen LogP contribution in [0.2, 0.25) is 0 Å². The molecule has 2 atom stereocenters. The second-order valence-corrected chi connectivity index (χ2v) is 7.92. The molecule has 9 heteroatoms.